The van der Waals surface area contributed by atoms with Gasteiger partial charge in [-0.1, -0.05) is 19.9 Å². The van der Waals surface area contributed by atoms with E-state index in [1.54, 1.807) is 24.3 Å². The molecule has 1 aromatic carbocycles. The van der Waals surface area contributed by atoms with Gasteiger partial charge in [-0.3, -0.25) is 0 Å². The van der Waals surface area contributed by atoms with Crippen LogP contribution in [0, 0.1) is 5.41 Å². The number of anilines is 1. The van der Waals surface area contributed by atoms with Crippen molar-refractivity contribution in [1.82, 2.24) is 14.5 Å². The molecule has 0 aliphatic rings. The van der Waals surface area contributed by atoms with E-state index in [1.807, 2.05) is 14.1 Å². The molecule has 0 aliphatic heterocycles. The van der Waals surface area contributed by atoms with E-state index < -0.39 is 10.0 Å². The Balaban J connectivity index is 2.72. The summed E-state index contributed by atoms with van der Waals surface area (Å²) < 4.78 is 25.5. The first-order chi connectivity index (χ1) is 10.9. The van der Waals surface area contributed by atoms with Crippen molar-refractivity contribution in [3.05, 3.63) is 24.3 Å². The van der Waals surface area contributed by atoms with Crippen LogP contribution in [0.2, 0.25) is 0 Å². The fraction of sp³-hybridized carbons (Fsp3) is 0.562. The monoisotopic (exact) mass is 372 g/mol. The first kappa shape index (κ1) is 20.8. The second-order valence-corrected chi connectivity index (χ2v) is 9.59. The van der Waals surface area contributed by atoms with Crippen LogP contribution in [-0.2, 0) is 10.0 Å². The zero-order valence-electron chi connectivity index (χ0n) is 15.3. The van der Waals surface area contributed by atoms with Crippen molar-refractivity contribution in [2.24, 2.45) is 5.41 Å². The minimum absolute atomic E-state index is 0.0609. The smallest absolute Gasteiger partial charge is 0.242 e. The Hall–Kier alpha value is -1.22. The molecular weight excluding hydrogens is 344 g/mol. The number of benzene rings is 1. The Labute approximate surface area is 151 Å². The molecule has 0 amide bonds. The summed E-state index contributed by atoms with van der Waals surface area (Å²) in [6.45, 7) is 5.96. The van der Waals surface area contributed by atoms with Gasteiger partial charge in [0.1, 0.15) is 0 Å². The molecule has 0 fully saturated rings. The molecule has 0 aromatic heterocycles. The molecule has 8 heteroatoms. The molecule has 1 rings (SSSR count). The number of thiocarbonyl (C=S) groups is 1. The van der Waals surface area contributed by atoms with E-state index in [0.717, 1.165) is 6.54 Å². The lowest BCUT2D eigenvalue weighted by molar-refractivity contribution is 0.242. The van der Waals surface area contributed by atoms with Crippen LogP contribution < -0.4 is 10.6 Å². The van der Waals surface area contributed by atoms with E-state index in [2.05, 4.69) is 29.4 Å². The summed E-state index contributed by atoms with van der Waals surface area (Å²) in [5.74, 6) is 0. The normalized spacial score (nSPS) is 12.5. The van der Waals surface area contributed by atoms with E-state index >= 15 is 0 Å². The molecule has 1 aromatic rings. The minimum atomic E-state index is -3.46. The summed E-state index contributed by atoms with van der Waals surface area (Å²) in [6.07, 6.45) is 0. The standard InChI is InChI=1S/C16H28N4O2S2/c1-16(2,12-19(3)4)11-17-15(23)18-13-8-7-9-14(10-13)24(21,22)20(5)6/h7-10H,11-12H2,1-6H3,(H2,17,18,23). The molecule has 0 heterocycles. The van der Waals surface area contributed by atoms with Crippen LogP contribution in [0.25, 0.3) is 0 Å². The summed E-state index contributed by atoms with van der Waals surface area (Å²) in [4.78, 5) is 2.36. The highest BCUT2D eigenvalue weighted by Gasteiger charge is 2.20. The van der Waals surface area contributed by atoms with E-state index in [9.17, 15) is 8.42 Å². The predicted molar refractivity (Wildman–Crippen MR) is 104 cm³/mol. The highest BCUT2D eigenvalue weighted by atomic mass is 32.2. The number of sulfonamides is 1. The van der Waals surface area contributed by atoms with Gasteiger partial charge in [0.15, 0.2) is 5.11 Å². The molecule has 0 atom stereocenters. The van der Waals surface area contributed by atoms with Crippen molar-refractivity contribution in [3.63, 3.8) is 0 Å². The predicted octanol–water partition coefficient (Wildman–Crippen LogP) is 1.81. The number of nitrogens with zero attached hydrogens (tertiary/aromatic N) is 2. The van der Waals surface area contributed by atoms with Crippen molar-refractivity contribution in [3.8, 4) is 0 Å². The van der Waals surface area contributed by atoms with Crippen molar-refractivity contribution >= 4 is 33.0 Å². The maximum atomic E-state index is 12.2. The molecule has 24 heavy (non-hydrogen) atoms. The molecule has 6 nitrogen and oxygen atoms in total. The van der Waals surface area contributed by atoms with Crippen molar-refractivity contribution in [2.75, 3.05) is 46.6 Å². The van der Waals surface area contributed by atoms with Crippen LogP contribution in [0.5, 0.6) is 0 Å². The average molecular weight is 373 g/mol. The lowest BCUT2D eigenvalue weighted by atomic mass is 9.93. The molecular formula is C16H28N4O2S2. The summed E-state index contributed by atoms with van der Waals surface area (Å²) in [5, 5.41) is 6.71. The van der Waals surface area contributed by atoms with Crippen LogP contribution in [0.1, 0.15) is 13.8 Å². The van der Waals surface area contributed by atoms with Crippen LogP contribution in [0.4, 0.5) is 5.69 Å². The number of hydrogen-bond donors (Lipinski definition) is 2. The Morgan fingerprint density at radius 2 is 1.83 bits per heavy atom. The Morgan fingerprint density at radius 3 is 2.38 bits per heavy atom. The Kier molecular flexibility index (Phi) is 7.15. The van der Waals surface area contributed by atoms with Gasteiger partial charge >= 0.3 is 0 Å². The number of rotatable bonds is 7. The van der Waals surface area contributed by atoms with Crippen molar-refractivity contribution in [2.45, 2.75) is 18.7 Å². The Bertz CT molecular complexity index is 670. The van der Waals surface area contributed by atoms with Crippen molar-refractivity contribution < 1.29 is 8.42 Å². The topological polar surface area (TPSA) is 64.7 Å². The molecule has 0 saturated carbocycles. The third kappa shape index (κ3) is 6.35. The maximum absolute atomic E-state index is 12.2. The van der Waals surface area contributed by atoms with Gasteiger partial charge in [0, 0.05) is 32.9 Å². The SMILES string of the molecule is CN(C)CC(C)(C)CNC(=S)Nc1cccc(S(=O)(=O)N(C)C)c1. The second kappa shape index (κ2) is 8.24. The molecule has 0 aliphatic carbocycles. The lowest BCUT2D eigenvalue weighted by Gasteiger charge is -2.29. The van der Waals surface area contributed by atoms with Gasteiger partial charge in [0.05, 0.1) is 4.90 Å². The molecule has 136 valence electrons. The van der Waals surface area contributed by atoms with E-state index in [1.165, 1.54) is 18.4 Å². The van der Waals surface area contributed by atoms with Gasteiger partial charge in [0.25, 0.3) is 0 Å². The Morgan fingerprint density at radius 1 is 1.21 bits per heavy atom. The fourth-order valence-corrected chi connectivity index (χ4v) is 3.49. The van der Waals surface area contributed by atoms with Crippen LogP contribution >= 0.6 is 12.2 Å². The quantitative estimate of drug-likeness (QED) is 0.712. The van der Waals surface area contributed by atoms with Crippen LogP contribution in [-0.4, -0.2) is 64.0 Å². The third-order valence-electron chi connectivity index (χ3n) is 3.34. The van der Waals surface area contributed by atoms with Crippen molar-refractivity contribution in [1.29, 1.82) is 0 Å². The molecule has 0 spiro atoms. The van der Waals surface area contributed by atoms with Gasteiger partial charge in [-0.05, 0) is 49.9 Å². The minimum Gasteiger partial charge on any atom is -0.362 e. The maximum Gasteiger partial charge on any atom is 0.242 e. The number of hydrogen-bond acceptors (Lipinski definition) is 4. The molecule has 0 unspecified atom stereocenters. The summed E-state index contributed by atoms with van der Waals surface area (Å²) in [5.41, 5.74) is 0.701. The zero-order valence-corrected chi connectivity index (χ0v) is 16.9. The lowest BCUT2D eigenvalue weighted by Crippen LogP contribution is -2.41. The largest absolute Gasteiger partial charge is 0.362 e. The molecule has 2 N–H and O–H groups in total. The van der Waals surface area contributed by atoms with Crippen LogP contribution in [0.3, 0.4) is 0 Å². The van der Waals surface area contributed by atoms with Gasteiger partial charge in [-0.25, -0.2) is 12.7 Å². The fourth-order valence-electron chi connectivity index (χ4n) is 2.35. The zero-order chi connectivity index (χ0) is 18.5. The summed E-state index contributed by atoms with van der Waals surface area (Å²) >= 11 is 5.31. The number of nitrogens with one attached hydrogen (secondary N) is 2. The van der Waals surface area contributed by atoms with E-state index in [0.29, 0.717) is 17.3 Å². The first-order valence-corrected chi connectivity index (χ1v) is 9.51. The summed E-state index contributed by atoms with van der Waals surface area (Å²) in [7, 11) is 3.63. The second-order valence-electron chi connectivity index (χ2n) is 7.02. The summed E-state index contributed by atoms with van der Waals surface area (Å²) in [6, 6.07) is 6.62. The van der Waals surface area contributed by atoms with Gasteiger partial charge in [-0.2, -0.15) is 0 Å². The first-order valence-electron chi connectivity index (χ1n) is 7.66. The third-order valence-corrected chi connectivity index (χ3v) is 5.40. The molecule has 0 saturated heterocycles. The molecule has 0 bridgehead atoms. The van der Waals surface area contributed by atoms with Gasteiger partial charge in [-0.15, -0.1) is 0 Å². The molecule has 0 radical (unpaired) electrons. The highest BCUT2D eigenvalue weighted by molar-refractivity contribution is 7.89. The van der Waals surface area contributed by atoms with E-state index in [-0.39, 0.29) is 10.3 Å². The van der Waals surface area contributed by atoms with E-state index in [4.69, 9.17) is 12.2 Å². The average Bonchev–Trinajstić information content (AvgIpc) is 2.44. The van der Waals surface area contributed by atoms with Crippen LogP contribution in [0.15, 0.2) is 29.2 Å². The van der Waals surface area contributed by atoms with Gasteiger partial charge in [0.2, 0.25) is 10.0 Å². The highest BCUT2D eigenvalue weighted by Crippen LogP contribution is 2.18. The van der Waals surface area contributed by atoms with Gasteiger partial charge < -0.3 is 15.5 Å².